The summed E-state index contributed by atoms with van der Waals surface area (Å²) in [6, 6.07) is 7.22. The summed E-state index contributed by atoms with van der Waals surface area (Å²) in [7, 11) is 0. The average Bonchev–Trinajstić information content (AvgIpc) is 2.25. The Morgan fingerprint density at radius 3 is 2.41 bits per heavy atom. The van der Waals surface area contributed by atoms with Crippen molar-refractivity contribution in [2.75, 3.05) is 6.54 Å². The van der Waals surface area contributed by atoms with Crippen LogP contribution in [0.1, 0.15) is 24.2 Å². The van der Waals surface area contributed by atoms with Gasteiger partial charge in [0.15, 0.2) is 0 Å². The van der Waals surface area contributed by atoms with E-state index in [2.05, 4.69) is 22.6 Å². The highest BCUT2D eigenvalue weighted by Crippen LogP contribution is 2.15. The number of benzene rings is 1. The maximum Gasteiger partial charge on any atom is 0.255 e. The molecule has 0 aliphatic heterocycles. The first-order valence-corrected chi connectivity index (χ1v) is 6.35. The molecule has 4 nitrogen and oxygen atoms in total. The summed E-state index contributed by atoms with van der Waals surface area (Å²) in [6.45, 7) is 3.66. The lowest BCUT2D eigenvalue weighted by atomic mass is 10.1. The molecule has 5 heteroatoms. The fraction of sp³-hybridized carbons (Fsp3) is 0.333. The van der Waals surface area contributed by atoms with Crippen LogP contribution in [0.5, 0.6) is 0 Å². The van der Waals surface area contributed by atoms with Crippen LogP contribution in [0.15, 0.2) is 24.3 Å². The van der Waals surface area contributed by atoms with Gasteiger partial charge < -0.3 is 10.6 Å². The first kappa shape index (κ1) is 14.0. The van der Waals surface area contributed by atoms with Crippen molar-refractivity contribution in [1.29, 1.82) is 0 Å². The standard InChI is InChI=1S/C12H15IN2O2/c1-8(2)15(7-11(14)16)12(17)9-5-3-4-6-10(9)13/h3-6,8H,7H2,1-2H3,(H2,14,16). The second kappa shape index (κ2) is 6.00. The van der Waals surface area contributed by atoms with E-state index < -0.39 is 5.91 Å². The van der Waals surface area contributed by atoms with Crippen molar-refractivity contribution in [3.63, 3.8) is 0 Å². The Balaban J connectivity index is 3.00. The third-order valence-electron chi connectivity index (χ3n) is 2.31. The van der Waals surface area contributed by atoms with E-state index in [9.17, 15) is 9.59 Å². The van der Waals surface area contributed by atoms with E-state index in [-0.39, 0.29) is 18.5 Å². The molecule has 0 heterocycles. The van der Waals surface area contributed by atoms with E-state index in [0.717, 1.165) is 3.57 Å². The van der Waals surface area contributed by atoms with Gasteiger partial charge in [-0.2, -0.15) is 0 Å². The van der Waals surface area contributed by atoms with Gasteiger partial charge in [-0.1, -0.05) is 12.1 Å². The van der Waals surface area contributed by atoms with Gasteiger partial charge in [0, 0.05) is 9.61 Å². The van der Waals surface area contributed by atoms with Crippen molar-refractivity contribution in [2.45, 2.75) is 19.9 Å². The summed E-state index contributed by atoms with van der Waals surface area (Å²) in [5, 5.41) is 0. The van der Waals surface area contributed by atoms with Crippen molar-refractivity contribution in [1.82, 2.24) is 4.90 Å². The Labute approximate surface area is 114 Å². The molecule has 0 saturated heterocycles. The number of hydrogen-bond donors (Lipinski definition) is 1. The zero-order valence-corrected chi connectivity index (χ0v) is 12.0. The predicted octanol–water partition coefficient (Wildman–Crippen LogP) is 1.63. The summed E-state index contributed by atoms with van der Waals surface area (Å²) in [4.78, 5) is 24.7. The van der Waals surface area contributed by atoms with E-state index >= 15 is 0 Å². The Morgan fingerprint density at radius 1 is 1.35 bits per heavy atom. The average molecular weight is 346 g/mol. The molecule has 0 aromatic heterocycles. The van der Waals surface area contributed by atoms with Crippen LogP contribution in [0.3, 0.4) is 0 Å². The summed E-state index contributed by atoms with van der Waals surface area (Å²) in [5.41, 5.74) is 5.75. The first-order valence-electron chi connectivity index (χ1n) is 5.27. The minimum atomic E-state index is -0.502. The van der Waals surface area contributed by atoms with E-state index in [1.54, 1.807) is 12.1 Å². The molecule has 92 valence electrons. The number of carbonyl (C=O) groups excluding carboxylic acids is 2. The van der Waals surface area contributed by atoms with Crippen LogP contribution in [-0.4, -0.2) is 29.3 Å². The van der Waals surface area contributed by atoms with Crippen LogP contribution in [-0.2, 0) is 4.79 Å². The maximum atomic E-state index is 12.3. The fourth-order valence-corrected chi connectivity index (χ4v) is 2.06. The van der Waals surface area contributed by atoms with Crippen LogP contribution in [0, 0.1) is 3.57 Å². The van der Waals surface area contributed by atoms with Crippen molar-refractivity contribution in [3.8, 4) is 0 Å². The maximum absolute atomic E-state index is 12.3. The van der Waals surface area contributed by atoms with Crippen LogP contribution in [0.25, 0.3) is 0 Å². The number of nitrogens with two attached hydrogens (primary N) is 1. The third-order valence-corrected chi connectivity index (χ3v) is 3.26. The number of hydrogen-bond acceptors (Lipinski definition) is 2. The van der Waals surface area contributed by atoms with Gasteiger partial charge in [0.1, 0.15) is 0 Å². The molecule has 0 aliphatic carbocycles. The lowest BCUT2D eigenvalue weighted by Gasteiger charge is -2.25. The molecule has 0 bridgehead atoms. The van der Waals surface area contributed by atoms with Gasteiger partial charge in [-0.15, -0.1) is 0 Å². The topological polar surface area (TPSA) is 63.4 Å². The summed E-state index contributed by atoms with van der Waals surface area (Å²) in [6.07, 6.45) is 0. The number of carbonyl (C=O) groups is 2. The van der Waals surface area contributed by atoms with Crippen molar-refractivity contribution in [3.05, 3.63) is 33.4 Å². The number of halogens is 1. The van der Waals surface area contributed by atoms with Crippen LogP contribution in [0.2, 0.25) is 0 Å². The fourth-order valence-electron chi connectivity index (χ4n) is 1.45. The molecule has 0 atom stereocenters. The molecular formula is C12H15IN2O2. The lowest BCUT2D eigenvalue weighted by molar-refractivity contribution is -0.119. The second-order valence-electron chi connectivity index (χ2n) is 3.97. The highest BCUT2D eigenvalue weighted by molar-refractivity contribution is 14.1. The van der Waals surface area contributed by atoms with E-state index in [1.807, 2.05) is 26.0 Å². The van der Waals surface area contributed by atoms with Crippen molar-refractivity contribution < 1.29 is 9.59 Å². The smallest absolute Gasteiger partial charge is 0.255 e. The Kier molecular flexibility index (Phi) is 4.92. The van der Waals surface area contributed by atoms with Gasteiger partial charge >= 0.3 is 0 Å². The van der Waals surface area contributed by atoms with Gasteiger partial charge in [-0.25, -0.2) is 0 Å². The first-order chi connectivity index (χ1) is 7.93. The number of primary amides is 1. The highest BCUT2D eigenvalue weighted by Gasteiger charge is 2.21. The molecule has 0 fully saturated rings. The minimum Gasteiger partial charge on any atom is -0.368 e. The molecule has 1 aromatic rings. The molecule has 0 unspecified atom stereocenters. The summed E-state index contributed by atoms with van der Waals surface area (Å²) >= 11 is 2.10. The molecule has 0 aliphatic rings. The summed E-state index contributed by atoms with van der Waals surface area (Å²) < 4.78 is 0.866. The monoisotopic (exact) mass is 346 g/mol. The molecule has 2 N–H and O–H groups in total. The molecule has 0 radical (unpaired) electrons. The minimum absolute atomic E-state index is 0.0541. The summed E-state index contributed by atoms with van der Waals surface area (Å²) in [5.74, 6) is -0.665. The van der Waals surface area contributed by atoms with E-state index in [1.165, 1.54) is 4.90 Å². The molecule has 1 rings (SSSR count). The SMILES string of the molecule is CC(C)N(CC(N)=O)C(=O)c1ccccc1I. The van der Waals surface area contributed by atoms with Crippen molar-refractivity contribution >= 4 is 34.4 Å². The largest absolute Gasteiger partial charge is 0.368 e. The van der Waals surface area contributed by atoms with Crippen LogP contribution in [0.4, 0.5) is 0 Å². The second-order valence-corrected chi connectivity index (χ2v) is 5.14. The number of nitrogens with zero attached hydrogens (tertiary/aromatic N) is 1. The number of rotatable bonds is 4. The molecular weight excluding hydrogens is 331 g/mol. The Morgan fingerprint density at radius 2 is 1.94 bits per heavy atom. The van der Waals surface area contributed by atoms with E-state index in [0.29, 0.717) is 5.56 Å². The van der Waals surface area contributed by atoms with Crippen molar-refractivity contribution in [2.24, 2.45) is 5.73 Å². The quantitative estimate of drug-likeness (QED) is 0.843. The molecule has 17 heavy (non-hydrogen) atoms. The zero-order valence-electron chi connectivity index (χ0n) is 9.81. The zero-order chi connectivity index (χ0) is 13.0. The van der Waals surface area contributed by atoms with Gasteiger partial charge in [0.2, 0.25) is 5.91 Å². The third kappa shape index (κ3) is 3.69. The Bertz CT molecular complexity index is 432. The highest BCUT2D eigenvalue weighted by atomic mass is 127. The van der Waals surface area contributed by atoms with Gasteiger partial charge in [-0.05, 0) is 48.6 Å². The molecule has 0 saturated carbocycles. The molecule has 1 aromatic carbocycles. The van der Waals surface area contributed by atoms with Gasteiger partial charge in [0.05, 0.1) is 12.1 Å². The van der Waals surface area contributed by atoms with Gasteiger partial charge in [0.25, 0.3) is 5.91 Å². The molecule has 2 amide bonds. The van der Waals surface area contributed by atoms with Crippen LogP contribution >= 0.6 is 22.6 Å². The lowest BCUT2D eigenvalue weighted by Crippen LogP contribution is -2.43. The van der Waals surface area contributed by atoms with Crippen LogP contribution < -0.4 is 5.73 Å². The number of amides is 2. The van der Waals surface area contributed by atoms with E-state index in [4.69, 9.17) is 5.73 Å². The predicted molar refractivity (Wildman–Crippen MR) is 74.5 cm³/mol. The molecule has 0 spiro atoms. The Hall–Kier alpha value is -1.11. The van der Waals surface area contributed by atoms with Gasteiger partial charge in [-0.3, -0.25) is 9.59 Å². The normalized spacial score (nSPS) is 10.4.